The highest BCUT2D eigenvalue weighted by atomic mass is 35.5. The second-order valence-electron chi connectivity index (χ2n) is 4.45. The summed E-state index contributed by atoms with van der Waals surface area (Å²) >= 11 is 11.6. The van der Waals surface area contributed by atoms with Crippen molar-refractivity contribution in [3.05, 3.63) is 63.4 Å². The second kappa shape index (κ2) is 8.03. The third-order valence-corrected chi connectivity index (χ3v) is 3.46. The zero-order chi connectivity index (χ0) is 17.7. The number of benzene rings is 2. The summed E-state index contributed by atoms with van der Waals surface area (Å²) < 4.78 is 39.2. The number of nitrogens with zero attached hydrogens (tertiary/aromatic N) is 1. The summed E-state index contributed by atoms with van der Waals surface area (Å²) in [5.41, 5.74) is 0.0763. The van der Waals surface area contributed by atoms with E-state index in [0.717, 1.165) is 6.07 Å². The van der Waals surface area contributed by atoms with Crippen LogP contribution in [0.2, 0.25) is 10.0 Å². The lowest BCUT2D eigenvalue weighted by Gasteiger charge is -2.06. The van der Waals surface area contributed by atoms with E-state index in [1.807, 2.05) is 5.32 Å². The number of anilines is 1. The molecule has 0 heterocycles. The van der Waals surface area contributed by atoms with Gasteiger partial charge in [-0.05, 0) is 29.8 Å². The minimum atomic E-state index is -1.67. The summed E-state index contributed by atoms with van der Waals surface area (Å²) in [7, 11) is 0. The molecule has 0 unspecified atom stereocenters. The smallest absolute Gasteiger partial charge is 0.265 e. The minimum absolute atomic E-state index is 0.326. The van der Waals surface area contributed by atoms with Gasteiger partial charge < -0.3 is 10.2 Å². The largest absolute Gasteiger partial charge is 0.386 e. The molecule has 0 aliphatic carbocycles. The third kappa shape index (κ3) is 4.62. The van der Waals surface area contributed by atoms with Gasteiger partial charge in [0, 0.05) is 0 Å². The molecule has 1 N–H and O–H groups in total. The molecule has 2 aromatic rings. The van der Waals surface area contributed by atoms with Gasteiger partial charge in [-0.3, -0.25) is 4.79 Å². The zero-order valence-electron chi connectivity index (χ0n) is 11.8. The first kappa shape index (κ1) is 18.1. The van der Waals surface area contributed by atoms with Crippen LogP contribution in [0.25, 0.3) is 0 Å². The van der Waals surface area contributed by atoms with E-state index < -0.39 is 35.7 Å². The van der Waals surface area contributed by atoms with Gasteiger partial charge in [-0.2, -0.15) is 0 Å². The summed E-state index contributed by atoms with van der Waals surface area (Å²) in [6, 6.07) is 6.30. The molecule has 0 spiro atoms. The summed E-state index contributed by atoms with van der Waals surface area (Å²) in [6.07, 6.45) is 1.29. The van der Waals surface area contributed by atoms with Gasteiger partial charge in [0.1, 0.15) is 0 Å². The maximum atomic E-state index is 13.4. The highest BCUT2D eigenvalue weighted by Crippen LogP contribution is 2.22. The first-order valence-corrected chi connectivity index (χ1v) is 7.18. The number of halogens is 5. The van der Waals surface area contributed by atoms with Gasteiger partial charge in [0.05, 0.1) is 21.9 Å². The van der Waals surface area contributed by atoms with Gasteiger partial charge in [-0.25, -0.2) is 13.2 Å². The van der Waals surface area contributed by atoms with Gasteiger partial charge in [0.25, 0.3) is 5.91 Å². The highest BCUT2D eigenvalue weighted by Gasteiger charge is 2.15. The van der Waals surface area contributed by atoms with Crippen LogP contribution in [0.3, 0.4) is 0 Å². The number of hydrogen-bond acceptors (Lipinski definition) is 3. The standard InChI is InChI=1S/C15H9Cl2F3N2O2/c16-9-2-1-8(5-10(9)17)6-21-24-7-13(23)22-12-4-3-11(18)14(19)15(12)20/h1-6H,7H2,(H,22,23)/b21-6+. The number of rotatable bonds is 5. The van der Waals surface area contributed by atoms with Crippen molar-refractivity contribution >= 4 is 41.0 Å². The molecule has 0 atom stereocenters. The fourth-order valence-corrected chi connectivity index (χ4v) is 1.90. The van der Waals surface area contributed by atoms with Crippen LogP contribution in [0, 0.1) is 17.5 Å². The normalized spacial score (nSPS) is 10.9. The molecule has 1 amide bonds. The van der Waals surface area contributed by atoms with Crippen LogP contribution in [0.1, 0.15) is 5.56 Å². The van der Waals surface area contributed by atoms with E-state index in [1.54, 1.807) is 12.1 Å². The van der Waals surface area contributed by atoms with Crippen molar-refractivity contribution in [3.8, 4) is 0 Å². The number of oxime groups is 1. The van der Waals surface area contributed by atoms with E-state index in [-0.39, 0.29) is 0 Å². The van der Waals surface area contributed by atoms with Crippen molar-refractivity contribution < 1.29 is 22.8 Å². The zero-order valence-corrected chi connectivity index (χ0v) is 13.3. The molecule has 0 radical (unpaired) electrons. The number of hydrogen-bond donors (Lipinski definition) is 1. The Labute approximate surface area is 144 Å². The van der Waals surface area contributed by atoms with E-state index in [9.17, 15) is 18.0 Å². The van der Waals surface area contributed by atoms with Crippen LogP contribution in [-0.4, -0.2) is 18.7 Å². The van der Waals surface area contributed by atoms with Crippen LogP contribution < -0.4 is 5.32 Å². The molecular formula is C15H9Cl2F3N2O2. The lowest BCUT2D eigenvalue weighted by atomic mass is 10.2. The lowest BCUT2D eigenvalue weighted by Crippen LogP contribution is -2.18. The Balaban J connectivity index is 1.88. The molecule has 0 aliphatic rings. The van der Waals surface area contributed by atoms with Gasteiger partial charge in [-0.15, -0.1) is 0 Å². The van der Waals surface area contributed by atoms with Crippen LogP contribution in [0.15, 0.2) is 35.5 Å². The number of amides is 1. The molecule has 4 nitrogen and oxygen atoms in total. The third-order valence-electron chi connectivity index (χ3n) is 2.72. The quantitative estimate of drug-likeness (QED) is 0.477. The Hall–Kier alpha value is -2.25. The Morgan fingerprint density at radius 1 is 1.12 bits per heavy atom. The molecule has 9 heteroatoms. The molecule has 24 heavy (non-hydrogen) atoms. The van der Waals surface area contributed by atoms with Crippen LogP contribution in [0.5, 0.6) is 0 Å². The van der Waals surface area contributed by atoms with Crippen LogP contribution in [-0.2, 0) is 9.63 Å². The SMILES string of the molecule is O=C(CO/N=C/c1ccc(Cl)c(Cl)c1)Nc1ccc(F)c(F)c1F. The predicted octanol–water partition coefficient (Wildman–Crippen LogP) is 4.40. The average Bonchev–Trinajstić information content (AvgIpc) is 2.55. The van der Waals surface area contributed by atoms with E-state index >= 15 is 0 Å². The first-order chi connectivity index (χ1) is 11.4. The molecule has 0 saturated heterocycles. The molecule has 0 aliphatic heterocycles. The Morgan fingerprint density at radius 3 is 2.58 bits per heavy atom. The van der Waals surface area contributed by atoms with E-state index in [4.69, 9.17) is 28.0 Å². The summed E-state index contributed by atoms with van der Waals surface area (Å²) in [5, 5.41) is 6.27. The minimum Gasteiger partial charge on any atom is -0.386 e. The number of nitrogens with one attached hydrogen (secondary N) is 1. The van der Waals surface area contributed by atoms with E-state index in [2.05, 4.69) is 5.16 Å². The van der Waals surface area contributed by atoms with Crippen LogP contribution >= 0.6 is 23.2 Å². The van der Waals surface area contributed by atoms with Gasteiger partial charge >= 0.3 is 0 Å². The van der Waals surface area contributed by atoms with Crippen LogP contribution in [0.4, 0.5) is 18.9 Å². The predicted molar refractivity (Wildman–Crippen MR) is 85.0 cm³/mol. The maximum absolute atomic E-state index is 13.4. The fraction of sp³-hybridized carbons (Fsp3) is 0.0667. The summed E-state index contributed by atoms with van der Waals surface area (Å²) in [4.78, 5) is 16.3. The molecule has 0 bridgehead atoms. The van der Waals surface area contributed by atoms with Crippen molar-refractivity contribution in [1.29, 1.82) is 0 Å². The van der Waals surface area contributed by atoms with Gasteiger partial charge in [-0.1, -0.05) is 34.4 Å². The second-order valence-corrected chi connectivity index (χ2v) is 5.27. The molecule has 2 rings (SSSR count). The molecule has 0 aromatic heterocycles. The van der Waals surface area contributed by atoms with Gasteiger partial charge in [0.15, 0.2) is 24.1 Å². The molecule has 2 aromatic carbocycles. The fourth-order valence-electron chi connectivity index (χ4n) is 1.60. The Morgan fingerprint density at radius 2 is 1.88 bits per heavy atom. The van der Waals surface area contributed by atoms with Crippen molar-refractivity contribution in [3.63, 3.8) is 0 Å². The monoisotopic (exact) mass is 376 g/mol. The lowest BCUT2D eigenvalue weighted by molar-refractivity contribution is -0.120. The first-order valence-electron chi connectivity index (χ1n) is 6.42. The van der Waals surface area contributed by atoms with Crippen molar-refractivity contribution in [2.45, 2.75) is 0 Å². The Bertz CT molecular complexity index is 801. The van der Waals surface area contributed by atoms with Crippen molar-refractivity contribution in [1.82, 2.24) is 0 Å². The van der Waals surface area contributed by atoms with E-state index in [1.165, 1.54) is 12.3 Å². The number of carbonyl (C=O) groups is 1. The Kier molecular flexibility index (Phi) is 6.05. The van der Waals surface area contributed by atoms with Crippen molar-refractivity contribution in [2.24, 2.45) is 5.16 Å². The number of carbonyl (C=O) groups excluding carboxylic acids is 1. The molecule has 126 valence electrons. The summed E-state index contributed by atoms with van der Waals surface area (Å²) in [6.45, 7) is -0.559. The average molecular weight is 377 g/mol. The van der Waals surface area contributed by atoms with Gasteiger partial charge in [0.2, 0.25) is 0 Å². The molecule has 0 saturated carbocycles. The highest BCUT2D eigenvalue weighted by molar-refractivity contribution is 6.42. The molecule has 0 fully saturated rings. The van der Waals surface area contributed by atoms with E-state index in [0.29, 0.717) is 21.7 Å². The summed E-state index contributed by atoms with van der Waals surface area (Å²) in [5.74, 6) is -5.33. The topological polar surface area (TPSA) is 50.7 Å². The van der Waals surface area contributed by atoms with Crippen molar-refractivity contribution in [2.75, 3.05) is 11.9 Å². The molecular weight excluding hydrogens is 368 g/mol. The maximum Gasteiger partial charge on any atom is 0.265 e.